The van der Waals surface area contributed by atoms with Gasteiger partial charge < -0.3 is 14.5 Å². The van der Waals surface area contributed by atoms with Crippen LogP contribution >= 0.6 is 0 Å². The van der Waals surface area contributed by atoms with Crippen LogP contribution in [0.5, 0.6) is 0 Å². The van der Waals surface area contributed by atoms with E-state index in [0.29, 0.717) is 5.69 Å². The van der Waals surface area contributed by atoms with Gasteiger partial charge >= 0.3 is 5.97 Å². The first-order chi connectivity index (χ1) is 13.5. The number of hydrogen-bond acceptors (Lipinski definition) is 4. The number of benzene rings is 2. The summed E-state index contributed by atoms with van der Waals surface area (Å²) >= 11 is 0. The zero-order valence-corrected chi connectivity index (χ0v) is 16.1. The fourth-order valence-corrected chi connectivity index (χ4v) is 3.68. The molecule has 1 amide bonds. The third-order valence-corrected chi connectivity index (χ3v) is 5.28. The molecule has 1 aliphatic rings. The number of amides is 1. The maximum Gasteiger partial charge on any atom is 0.311 e. The summed E-state index contributed by atoms with van der Waals surface area (Å²) in [6.07, 6.45) is 4.11. The van der Waals surface area contributed by atoms with E-state index in [1.807, 2.05) is 31.2 Å². The average Bonchev–Trinajstić information content (AvgIpc) is 3.28. The van der Waals surface area contributed by atoms with Crippen molar-refractivity contribution >= 4 is 28.5 Å². The van der Waals surface area contributed by atoms with Gasteiger partial charge in [-0.3, -0.25) is 9.59 Å². The van der Waals surface area contributed by atoms with Gasteiger partial charge in [0.05, 0.1) is 12.7 Å². The van der Waals surface area contributed by atoms with Crippen molar-refractivity contribution in [2.75, 3.05) is 5.32 Å². The summed E-state index contributed by atoms with van der Waals surface area (Å²) in [5.41, 5.74) is 5.92. The van der Waals surface area contributed by atoms with Crippen LogP contribution in [-0.2, 0) is 33.6 Å². The molecule has 0 aliphatic heterocycles. The molecule has 0 saturated heterocycles. The summed E-state index contributed by atoms with van der Waals surface area (Å²) in [6, 6.07) is 11.7. The molecule has 5 heteroatoms. The number of anilines is 1. The van der Waals surface area contributed by atoms with Crippen molar-refractivity contribution in [3.05, 3.63) is 64.9 Å². The van der Waals surface area contributed by atoms with E-state index in [2.05, 4.69) is 17.4 Å². The van der Waals surface area contributed by atoms with Crippen LogP contribution in [0, 0.1) is 6.92 Å². The monoisotopic (exact) mass is 377 g/mol. The number of rotatable bonds is 5. The van der Waals surface area contributed by atoms with E-state index in [1.165, 1.54) is 11.1 Å². The van der Waals surface area contributed by atoms with E-state index in [4.69, 9.17) is 9.15 Å². The van der Waals surface area contributed by atoms with E-state index in [0.717, 1.165) is 41.4 Å². The quantitative estimate of drug-likeness (QED) is 0.672. The second kappa shape index (κ2) is 7.50. The highest BCUT2D eigenvalue weighted by Gasteiger charge is 2.21. The van der Waals surface area contributed by atoms with Crippen LogP contribution in [0.3, 0.4) is 0 Å². The minimum absolute atomic E-state index is 0.0772. The molecule has 0 spiro atoms. The SMILES string of the molecule is Cc1ccccc1NC(=O)[C@@H](C)OC(=O)Cc1coc2cc3c(cc12)CCC3. The van der Waals surface area contributed by atoms with Crippen LogP contribution in [-0.4, -0.2) is 18.0 Å². The molecule has 0 radical (unpaired) electrons. The Kier molecular flexibility index (Phi) is 4.90. The molecule has 0 unspecified atom stereocenters. The Hall–Kier alpha value is -3.08. The summed E-state index contributed by atoms with van der Waals surface area (Å²) in [5, 5.41) is 3.75. The number of para-hydroxylation sites is 1. The molecular formula is C23H23NO4. The standard InChI is InChI=1S/C23H23NO4/c1-14-6-3-4-9-20(14)24-23(26)15(2)28-22(25)12-18-13-27-21-11-17-8-5-7-16(17)10-19(18)21/h3-4,6,9-11,13,15H,5,7-8,12H2,1-2H3,(H,24,26)/t15-/m1/s1. The largest absolute Gasteiger partial charge is 0.464 e. The summed E-state index contributed by atoms with van der Waals surface area (Å²) in [7, 11) is 0. The van der Waals surface area contributed by atoms with Crippen molar-refractivity contribution in [2.24, 2.45) is 0 Å². The number of esters is 1. The van der Waals surface area contributed by atoms with E-state index in [1.54, 1.807) is 13.2 Å². The molecule has 4 rings (SSSR count). The van der Waals surface area contributed by atoms with Crippen molar-refractivity contribution in [3.63, 3.8) is 0 Å². The van der Waals surface area contributed by atoms with Crippen molar-refractivity contribution in [1.82, 2.24) is 0 Å². The second-order valence-electron chi connectivity index (χ2n) is 7.34. The molecular weight excluding hydrogens is 354 g/mol. The Bertz CT molecular complexity index is 1050. The number of aryl methyl sites for hydroxylation is 3. The first kappa shape index (κ1) is 18.3. The normalized spacial score (nSPS) is 13.9. The summed E-state index contributed by atoms with van der Waals surface area (Å²) in [5.74, 6) is -0.798. The van der Waals surface area contributed by atoms with Crippen LogP contribution in [0.25, 0.3) is 11.0 Å². The van der Waals surface area contributed by atoms with Crippen LogP contribution < -0.4 is 5.32 Å². The van der Waals surface area contributed by atoms with Gasteiger partial charge in [-0.05, 0) is 68.0 Å². The maximum atomic E-state index is 12.4. The molecule has 0 bridgehead atoms. The number of nitrogens with one attached hydrogen (secondary N) is 1. The number of carbonyl (C=O) groups excluding carboxylic acids is 2. The molecule has 2 aromatic carbocycles. The predicted octanol–water partition coefficient (Wildman–Crippen LogP) is 4.34. The lowest BCUT2D eigenvalue weighted by atomic mass is 10.0. The highest BCUT2D eigenvalue weighted by atomic mass is 16.5. The van der Waals surface area contributed by atoms with Crippen LogP contribution in [0.15, 0.2) is 47.1 Å². The topological polar surface area (TPSA) is 68.5 Å². The van der Waals surface area contributed by atoms with Crippen LogP contribution in [0.2, 0.25) is 0 Å². The van der Waals surface area contributed by atoms with Crippen molar-refractivity contribution < 1.29 is 18.7 Å². The lowest BCUT2D eigenvalue weighted by Crippen LogP contribution is -2.30. The van der Waals surface area contributed by atoms with E-state index in [-0.39, 0.29) is 12.3 Å². The Balaban J connectivity index is 1.41. The molecule has 1 aliphatic carbocycles. The summed E-state index contributed by atoms with van der Waals surface area (Å²) < 4.78 is 11.0. The minimum Gasteiger partial charge on any atom is -0.464 e. The third kappa shape index (κ3) is 3.65. The number of fused-ring (bicyclic) bond motifs is 2. The van der Waals surface area contributed by atoms with Gasteiger partial charge in [0.15, 0.2) is 6.10 Å². The van der Waals surface area contributed by atoms with Gasteiger partial charge in [-0.15, -0.1) is 0 Å². The molecule has 0 saturated carbocycles. The first-order valence-electron chi connectivity index (χ1n) is 9.59. The first-order valence-corrected chi connectivity index (χ1v) is 9.59. The Morgan fingerprint density at radius 3 is 2.71 bits per heavy atom. The van der Waals surface area contributed by atoms with E-state index >= 15 is 0 Å². The Labute approximate surface area is 163 Å². The third-order valence-electron chi connectivity index (χ3n) is 5.28. The minimum atomic E-state index is -0.880. The smallest absolute Gasteiger partial charge is 0.311 e. The number of furan rings is 1. The molecule has 1 atom stereocenters. The fraction of sp³-hybridized carbons (Fsp3) is 0.304. The zero-order chi connectivity index (χ0) is 19.7. The van der Waals surface area contributed by atoms with Gasteiger partial charge in [0, 0.05) is 16.6 Å². The number of ether oxygens (including phenoxy) is 1. The molecule has 0 fully saturated rings. The van der Waals surface area contributed by atoms with Gasteiger partial charge in [0.25, 0.3) is 5.91 Å². The fourth-order valence-electron chi connectivity index (χ4n) is 3.68. The highest BCUT2D eigenvalue weighted by molar-refractivity contribution is 5.96. The van der Waals surface area contributed by atoms with Crippen LogP contribution in [0.4, 0.5) is 5.69 Å². The predicted molar refractivity (Wildman–Crippen MR) is 107 cm³/mol. The molecule has 1 N–H and O–H groups in total. The number of carbonyl (C=O) groups is 2. The van der Waals surface area contributed by atoms with Crippen molar-refractivity contribution in [3.8, 4) is 0 Å². The molecule has 3 aromatic rings. The Morgan fingerprint density at radius 2 is 1.93 bits per heavy atom. The molecule has 144 valence electrons. The molecule has 1 heterocycles. The lowest BCUT2D eigenvalue weighted by molar-refractivity contribution is -0.152. The lowest BCUT2D eigenvalue weighted by Gasteiger charge is -2.14. The Morgan fingerprint density at radius 1 is 1.18 bits per heavy atom. The zero-order valence-electron chi connectivity index (χ0n) is 16.1. The van der Waals surface area contributed by atoms with Gasteiger partial charge in [0.1, 0.15) is 5.58 Å². The molecule has 5 nitrogen and oxygen atoms in total. The summed E-state index contributed by atoms with van der Waals surface area (Å²) in [4.78, 5) is 24.7. The molecule has 1 aromatic heterocycles. The van der Waals surface area contributed by atoms with E-state index in [9.17, 15) is 9.59 Å². The average molecular weight is 377 g/mol. The summed E-state index contributed by atoms with van der Waals surface area (Å²) in [6.45, 7) is 3.49. The van der Waals surface area contributed by atoms with Gasteiger partial charge in [-0.25, -0.2) is 0 Å². The second-order valence-corrected chi connectivity index (χ2v) is 7.34. The van der Waals surface area contributed by atoms with Gasteiger partial charge in [-0.2, -0.15) is 0 Å². The van der Waals surface area contributed by atoms with Crippen molar-refractivity contribution in [1.29, 1.82) is 0 Å². The van der Waals surface area contributed by atoms with E-state index < -0.39 is 12.1 Å². The molecule has 28 heavy (non-hydrogen) atoms. The van der Waals surface area contributed by atoms with Crippen LogP contribution in [0.1, 0.15) is 35.6 Å². The van der Waals surface area contributed by atoms with Gasteiger partial charge in [-0.1, -0.05) is 18.2 Å². The number of hydrogen-bond donors (Lipinski definition) is 1. The van der Waals surface area contributed by atoms with Gasteiger partial charge in [0.2, 0.25) is 0 Å². The highest BCUT2D eigenvalue weighted by Crippen LogP contribution is 2.30. The van der Waals surface area contributed by atoms with Crippen molar-refractivity contribution in [2.45, 2.75) is 45.6 Å². The maximum absolute atomic E-state index is 12.4.